The summed E-state index contributed by atoms with van der Waals surface area (Å²) in [7, 11) is 0. The molecule has 1 aliphatic rings. The van der Waals surface area contributed by atoms with Crippen molar-refractivity contribution in [1.29, 1.82) is 0 Å². The maximum Gasteiger partial charge on any atom is 0.258 e. The number of para-hydroxylation sites is 1. The van der Waals surface area contributed by atoms with Crippen LogP contribution in [0.15, 0.2) is 42.5 Å². The van der Waals surface area contributed by atoms with Crippen LogP contribution in [-0.2, 0) is 6.42 Å². The number of carbonyl (C=O) groups excluding carboxylic acids is 1. The molecule has 4 heteroatoms. The predicted molar refractivity (Wildman–Crippen MR) is 86.9 cm³/mol. The summed E-state index contributed by atoms with van der Waals surface area (Å²) in [6.45, 7) is 2.08. The molecule has 0 aromatic heterocycles. The van der Waals surface area contributed by atoms with Gasteiger partial charge >= 0.3 is 0 Å². The highest BCUT2D eigenvalue weighted by atomic mass is 35.5. The van der Waals surface area contributed by atoms with E-state index in [9.17, 15) is 4.79 Å². The number of rotatable bonds is 1. The Morgan fingerprint density at radius 1 is 1.29 bits per heavy atom. The third kappa shape index (κ3) is 2.49. The van der Waals surface area contributed by atoms with Crippen LogP contribution in [0.3, 0.4) is 0 Å². The molecule has 3 rings (SSSR count). The number of amides is 1. The minimum atomic E-state index is -0.0296. The molecular formula is C17H17ClN2O. The smallest absolute Gasteiger partial charge is 0.258 e. The molecule has 1 aliphatic heterocycles. The van der Waals surface area contributed by atoms with Crippen LogP contribution in [0.25, 0.3) is 0 Å². The van der Waals surface area contributed by atoms with E-state index in [1.807, 2.05) is 23.1 Å². The molecule has 1 unspecified atom stereocenters. The molecule has 0 fully saturated rings. The van der Waals surface area contributed by atoms with Gasteiger partial charge in [0.15, 0.2) is 0 Å². The molecule has 0 saturated heterocycles. The molecule has 3 nitrogen and oxygen atoms in total. The Morgan fingerprint density at radius 2 is 2.05 bits per heavy atom. The third-order valence-corrected chi connectivity index (χ3v) is 4.33. The molecule has 0 bridgehead atoms. The Hall–Kier alpha value is -2.00. The quantitative estimate of drug-likeness (QED) is 0.812. The van der Waals surface area contributed by atoms with Gasteiger partial charge < -0.3 is 10.6 Å². The topological polar surface area (TPSA) is 46.3 Å². The second-order valence-electron chi connectivity index (χ2n) is 5.43. The van der Waals surface area contributed by atoms with Gasteiger partial charge in [-0.05, 0) is 49.6 Å². The monoisotopic (exact) mass is 300 g/mol. The van der Waals surface area contributed by atoms with E-state index in [1.165, 1.54) is 5.56 Å². The lowest BCUT2D eigenvalue weighted by Gasteiger charge is -2.35. The van der Waals surface area contributed by atoms with E-state index in [1.54, 1.807) is 18.2 Å². The largest absolute Gasteiger partial charge is 0.398 e. The number of nitrogen functional groups attached to an aromatic ring is 1. The Labute approximate surface area is 129 Å². The number of nitrogens with zero attached hydrogens (tertiary/aromatic N) is 1. The van der Waals surface area contributed by atoms with Crippen LogP contribution < -0.4 is 10.6 Å². The molecule has 0 radical (unpaired) electrons. The Morgan fingerprint density at radius 3 is 2.81 bits per heavy atom. The van der Waals surface area contributed by atoms with Gasteiger partial charge in [0.05, 0.1) is 10.7 Å². The summed E-state index contributed by atoms with van der Waals surface area (Å²) < 4.78 is 0. The van der Waals surface area contributed by atoms with Crippen LogP contribution in [-0.4, -0.2) is 11.9 Å². The lowest BCUT2D eigenvalue weighted by atomic mass is 9.95. The number of benzene rings is 2. The molecule has 108 valence electrons. The van der Waals surface area contributed by atoms with Crippen molar-refractivity contribution in [3.8, 4) is 0 Å². The van der Waals surface area contributed by atoms with Crippen molar-refractivity contribution >= 4 is 28.9 Å². The van der Waals surface area contributed by atoms with Gasteiger partial charge in [0.25, 0.3) is 5.91 Å². The minimum Gasteiger partial charge on any atom is -0.398 e. The zero-order valence-corrected chi connectivity index (χ0v) is 12.6. The molecular weight excluding hydrogens is 284 g/mol. The SMILES string of the molecule is CC1CCc2ccccc2N1C(=O)c1ccc(Cl)c(N)c1. The second kappa shape index (κ2) is 5.41. The molecule has 2 aromatic carbocycles. The number of hydrogen-bond acceptors (Lipinski definition) is 2. The highest BCUT2D eigenvalue weighted by Crippen LogP contribution is 2.32. The summed E-state index contributed by atoms with van der Waals surface area (Å²) in [5.74, 6) is -0.0296. The summed E-state index contributed by atoms with van der Waals surface area (Å²) in [6.07, 6.45) is 1.97. The number of hydrogen-bond donors (Lipinski definition) is 1. The number of carbonyl (C=O) groups is 1. The lowest BCUT2D eigenvalue weighted by Crippen LogP contribution is -2.42. The normalized spacial score (nSPS) is 17.4. The minimum absolute atomic E-state index is 0.0296. The van der Waals surface area contributed by atoms with Crippen molar-refractivity contribution in [1.82, 2.24) is 0 Å². The van der Waals surface area contributed by atoms with E-state index in [2.05, 4.69) is 13.0 Å². The maximum atomic E-state index is 12.9. The van der Waals surface area contributed by atoms with E-state index in [4.69, 9.17) is 17.3 Å². The number of aryl methyl sites for hydroxylation is 1. The third-order valence-electron chi connectivity index (χ3n) is 3.99. The molecule has 21 heavy (non-hydrogen) atoms. The van der Waals surface area contributed by atoms with Gasteiger partial charge in [-0.1, -0.05) is 29.8 Å². The van der Waals surface area contributed by atoms with E-state index >= 15 is 0 Å². The average molecular weight is 301 g/mol. The van der Waals surface area contributed by atoms with Crippen molar-refractivity contribution in [3.05, 3.63) is 58.6 Å². The molecule has 1 atom stereocenters. The molecule has 2 aromatic rings. The molecule has 0 spiro atoms. The Balaban J connectivity index is 2.02. The lowest BCUT2D eigenvalue weighted by molar-refractivity contribution is 0.0975. The fourth-order valence-electron chi connectivity index (χ4n) is 2.81. The summed E-state index contributed by atoms with van der Waals surface area (Å²) >= 11 is 5.93. The molecule has 2 N–H and O–H groups in total. The summed E-state index contributed by atoms with van der Waals surface area (Å²) in [5.41, 5.74) is 9.02. The van der Waals surface area contributed by atoms with Gasteiger partial charge in [-0.3, -0.25) is 4.79 Å². The van der Waals surface area contributed by atoms with Gasteiger partial charge in [-0.15, -0.1) is 0 Å². The zero-order chi connectivity index (χ0) is 15.0. The number of fused-ring (bicyclic) bond motifs is 1. The van der Waals surface area contributed by atoms with E-state index in [-0.39, 0.29) is 11.9 Å². The van der Waals surface area contributed by atoms with Crippen LogP contribution in [0.5, 0.6) is 0 Å². The first-order valence-corrected chi connectivity index (χ1v) is 7.42. The van der Waals surface area contributed by atoms with Gasteiger partial charge in [-0.25, -0.2) is 0 Å². The standard InChI is InChI=1S/C17H17ClN2O/c1-11-6-7-12-4-2-3-5-16(12)20(11)17(21)13-8-9-14(18)15(19)10-13/h2-5,8-11H,6-7,19H2,1H3. The Kier molecular flexibility index (Phi) is 3.60. The van der Waals surface area contributed by atoms with Crippen LogP contribution in [0, 0.1) is 0 Å². The van der Waals surface area contributed by atoms with Crippen molar-refractivity contribution < 1.29 is 4.79 Å². The van der Waals surface area contributed by atoms with Gasteiger partial charge in [0.2, 0.25) is 0 Å². The number of halogens is 1. The second-order valence-corrected chi connectivity index (χ2v) is 5.84. The van der Waals surface area contributed by atoms with Crippen molar-refractivity contribution in [2.45, 2.75) is 25.8 Å². The average Bonchev–Trinajstić information content (AvgIpc) is 2.49. The van der Waals surface area contributed by atoms with Crippen LogP contribution in [0.1, 0.15) is 29.3 Å². The first-order chi connectivity index (χ1) is 10.1. The van der Waals surface area contributed by atoms with Crippen molar-refractivity contribution in [2.24, 2.45) is 0 Å². The van der Waals surface area contributed by atoms with Crippen molar-refractivity contribution in [3.63, 3.8) is 0 Å². The van der Waals surface area contributed by atoms with Crippen LogP contribution in [0.4, 0.5) is 11.4 Å². The first-order valence-electron chi connectivity index (χ1n) is 7.04. The highest BCUT2D eigenvalue weighted by molar-refractivity contribution is 6.33. The van der Waals surface area contributed by atoms with E-state index < -0.39 is 0 Å². The van der Waals surface area contributed by atoms with E-state index in [0.29, 0.717) is 16.3 Å². The molecule has 0 saturated carbocycles. The highest BCUT2D eigenvalue weighted by Gasteiger charge is 2.28. The van der Waals surface area contributed by atoms with Gasteiger partial charge in [0.1, 0.15) is 0 Å². The fraction of sp³-hybridized carbons (Fsp3) is 0.235. The van der Waals surface area contributed by atoms with Crippen molar-refractivity contribution in [2.75, 3.05) is 10.6 Å². The van der Waals surface area contributed by atoms with E-state index in [0.717, 1.165) is 18.5 Å². The molecule has 1 amide bonds. The fourth-order valence-corrected chi connectivity index (χ4v) is 2.93. The Bertz CT molecular complexity index is 699. The number of nitrogens with two attached hydrogens (primary N) is 1. The summed E-state index contributed by atoms with van der Waals surface area (Å²) in [5, 5.41) is 0.471. The maximum absolute atomic E-state index is 12.9. The number of anilines is 2. The first kappa shape index (κ1) is 14.0. The summed E-state index contributed by atoms with van der Waals surface area (Å²) in [6, 6.07) is 13.3. The van der Waals surface area contributed by atoms with Crippen LogP contribution >= 0.6 is 11.6 Å². The van der Waals surface area contributed by atoms with Gasteiger partial charge in [-0.2, -0.15) is 0 Å². The van der Waals surface area contributed by atoms with Crippen LogP contribution in [0.2, 0.25) is 5.02 Å². The molecule has 1 heterocycles. The van der Waals surface area contributed by atoms with Gasteiger partial charge in [0, 0.05) is 17.3 Å². The predicted octanol–water partition coefficient (Wildman–Crippen LogP) is 3.90. The summed E-state index contributed by atoms with van der Waals surface area (Å²) in [4.78, 5) is 14.7. The molecule has 0 aliphatic carbocycles. The zero-order valence-electron chi connectivity index (χ0n) is 11.8.